The van der Waals surface area contributed by atoms with Gasteiger partial charge in [0, 0.05) is 23.0 Å². The highest BCUT2D eigenvalue weighted by molar-refractivity contribution is 6.00. The van der Waals surface area contributed by atoms with Gasteiger partial charge in [0.05, 0.1) is 12.8 Å². The summed E-state index contributed by atoms with van der Waals surface area (Å²) in [6.45, 7) is 2.92. The summed E-state index contributed by atoms with van der Waals surface area (Å²) in [7, 11) is 1.46. The van der Waals surface area contributed by atoms with Crippen LogP contribution in [0.5, 0.6) is 11.5 Å². The van der Waals surface area contributed by atoms with E-state index in [2.05, 4.69) is 0 Å². The molecule has 0 atom stereocenters. The molecule has 0 radical (unpaired) electrons. The van der Waals surface area contributed by atoms with Crippen molar-refractivity contribution in [1.82, 2.24) is 4.57 Å². The molecule has 0 N–H and O–H groups in total. The molecule has 0 aliphatic heterocycles. The summed E-state index contributed by atoms with van der Waals surface area (Å²) in [6, 6.07) is 14.8. The van der Waals surface area contributed by atoms with Gasteiger partial charge in [0.25, 0.3) is 0 Å². The van der Waals surface area contributed by atoms with E-state index >= 15 is 0 Å². The minimum Gasteiger partial charge on any atom is -0.493 e. The van der Waals surface area contributed by atoms with E-state index in [1.54, 1.807) is 60.9 Å². The van der Waals surface area contributed by atoms with E-state index in [0.717, 1.165) is 0 Å². The number of halogens is 1. The molecule has 3 aromatic rings. The number of carbonyl (C=O) groups is 2. The van der Waals surface area contributed by atoms with E-state index in [1.165, 1.54) is 25.3 Å². The monoisotopic (exact) mass is 462 g/mol. The van der Waals surface area contributed by atoms with Crippen molar-refractivity contribution in [3.05, 3.63) is 82.9 Å². The highest BCUT2D eigenvalue weighted by Crippen LogP contribution is 2.28. The van der Waals surface area contributed by atoms with Crippen LogP contribution in [0.2, 0.25) is 0 Å². The molecule has 174 valence electrons. The lowest BCUT2D eigenvalue weighted by atomic mass is 10.1. The van der Waals surface area contributed by atoms with Crippen LogP contribution in [0.15, 0.2) is 54.6 Å². The van der Waals surface area contributed by atoms with Gasteiger partial charge in [-0.3, -0.25) is 4.79 Å². The predicted octanol–water partition coefficient (Wildman–Crippen LogP) is 4.58. The maximum absolute atomic E-state index is 14.2. The Morgan fingerprint density at radius 2 is 1.88 bits per heavy atom. The normalized spacial score (nSPS) is 10.7. The van der Waals surface area contributed by atoms with E-state index in [1.807, 2.05) is 6.07 Å². The molecule has 0 fully saturated rings. The van der Waals surface area contributed by atoms with Crippen LogP contribution in [0.1, 0.15) is 27.3 Å². The van der Waals surface area contributed by atoms with Crippen LogP contribution >= 0.6 is 0 Å². The van der Waals surface area contributed by atoms with Crippen molar-refractivity contribution in [2.24, 2.45) is 0 Å². The fourth-order valence-corrected chi connectivity index (χ4v) is 3.49. The number of carbonyl (C=O) groups excluding carboxylic acids is 2. The lowest BCUT2D eigenvalue weighted by Gasteiger charge is -2.10. The number of benzene rings is 2. The molecule has 8 heteroatoms. The van der Waals surface area contributed by atoms with Crippen LogP contribution in [-0.2, 0) is 9.53 Å². The van der Waals surface area contributed by atoms with Gasteiger partial charge in [-0.05, 0) is 55.8 Å². The zero-order valence-electron chi connectivity index (χ0n) is 19.0. The molecule has 0 bridgehead atoms. The largest absolute Gasteiger partial charge is 0.493 e. The highest BCUT2D eigenvalue weighted by Gasteiger charge is 2.19. The van der Waals surface area contributed by atoms with Crippen LogP contribution in [0.3, 0.4) is 0 Å². The van der Waals surface area contributed by atoms with E-state index in [-0.39, 0.29) is 6.61 Å². The summed E-state index contributed by atoms with van der Waals surface area (Å²) in [6.07, 6.45) is 2.70. The molecule has 2 aromatic carbocycles. The fraction of sp³-hybridized carbons (Fsp3) is 0.192. The number of ether oxygens (including phenoxy) is 3. The Kier molecular flexibility index (Phi) is 7.83. The van der Waals surface area contributed by atoms with Crippen LogP contribution in [0, 0.1) is 31.0 Å². The Hall–Kier alpha value is -4.38. The van der Waals surface area contributed by atoms with Crippen molar-refractivity contribution < 1.29 is 28.2 Å². The molecular weight excluding hydrogens is 439 g/mol. The number of aryl methyl sites for hydroxylation is 1. The van der Waals surface area contributed by atoms with Crippen LogP contribution in [-0.4, -0.2) is 36.6 Å². The van der Waals surface area contributed by atoms with Gasteiger partial charge in [-0.1, -0.05) is 18.2 Å². The third-order valence-corrected chi connectivity index (χ3v) is 5.06. The second-order valence-electron chi connectivity index (χ2n) is 7.29. The minimum atomic E-state index is -0.694. The molecule has 1 heterocycles. The molecule has 0 aliphatic rings. The van der Waals surface area contributed by atoms with Crippen LogP contribution in [0.25, 0.3) is 11.8 Å². The van der Waals surface area contributed by atoms with Crippen molar-refractivity contribution in [2.45, 2.75) is 13.8 Å². The molecule has 0 amide bonds. The van der Waals surface area contributed by atoms with Crippen molar-refractivity contribution in [1.29, 1.82) is 5.26 Å². The first-order valence-corrected chi connectivity index (χ1v) is 10.4. The van der Waals surface area contributed by atoms with Gasteiger partial charge in [-0.2, -0.15) is 5.26 Å². The molecular formula is C26H23FN2O5. The average Bonchev–Trinajstić information content (AvgIpc) is 3.14. The van der Waals surface area contributed by atoms with Crippen molar-refractivity contribution >= 4 is 17.8 Å². The number of ketones is 1. The minimum absolute atomic E-state index is 0.116. The molecule has 34 heavy (non-hydrogen) atoms. The van der Waals surface area contributed by atoms with Gasteiger partial charge in [-0.15, -0.1) is 0 Å². The number of nitriles is 1. The van der Waals surface area contributed by atoms with Gasteiger partial charge in [0.15, 0.2) is 24.7 Å². The number of methoxy groups -OCH3 is 1. The number of esters is 1. The van der Waals surface area contributed by atoms with Gasteiger partial charge in [-0.25, -0.2) is 9.18 Å². The lowest BCUT2D eigenvalue weighted by Crippen LogP contribution is -2.13. The number of hydrogen-bond donors (Lipinski definition) is 0. The van der Waals surface area contributed by atoms with Gasteiger partial charge in [0.1, 0.15) is 11.9 Å². The summed E-state index contributed by atoms with van der Waals surface area (Å²) < 4.78 is 31.5. The smallest absolute Gasteiger partial charge is 0.331 e. The summed E-state index contributed by atoms with van der Waals surface area (Å²) in [5.41, 5.74) is 2.59. The molecule has 0 saturated carbocycles. The summed E-state index contributed by atoms with van der Waals surface area (Å²) >= 11 is 0. The van der Waals surface area contributed by atoms with E-state index in [0.29, 0.717) is 39.7 Å². The van der Waals surface area contributed by atoms with Gasteiger partial charge >= 0.3 is 5.97 Å². The standard InChI is InChI=1S/C26H23FN2O5/c1-17-14-20(18(2)29(17)22-7-5-4-6-21(22)27)23(30)16-34-26(31)11-9-19-8-10-24(33-13-12-28)25(15-19)32-3/h4-11,14-15H,13,16H2,1-3H3/b11-9+. The second-order valence-corrected chi connectivity index (χ2v) is 7.29. The first kappa shape index (κ1) is 24.3. The molecule has 3 rings (SSSR count). The zero-order chi connectivity index (χ0) is 24.7. The number of rotatable bonds is 9. The molecule has 0 spiro atoms. The molecule has 7 nitrogen and oxygen atoms in total. The maximum atomic E-state index is 14.2. The first-order chi connectivity index (χ1) is 16.3. The highest BCUT2D eigenvalue weighted by atomic mass is 19.1. The Labute approximate surface area is 196 Å². The SMILES string of the molecule is COc1cc(/C=C/C(=O)OCC(=O)c2cc(C)n(-c3ccccc3F)c2C)ccc1OCC#N. The van der Waals surface area contributed by atoms with Crippen molar-refractivity contribution in [3.63, 3.8) is 0 Å². The quantitative estimate of drug-likeness (QED) is 0.263. The number of aromatic nitrogens is 1. The Morgan fingerprint density at radius 1 is 1.12 bits per heavy atom. The number of Topliss-reactive ketones (excluding diaryl/α,β-unsaturated/α-hetero) is 1. The molecule has 0 aliphatic carbocycles. The Balaban J connectivity index is 1.65. The first-order valence-electron chi connectivity index (χ1n) is 10.4. The van der Waals surface area contributed by atoms with Crippen molar-refractivity contribution in [2.75, 3.05) is 20.3 Å². The molecule has 0 saturated heterocycles. The molecule has 0 unspecified atom stereocenters. The zero-order valence-corrected chi connectivity index (χ0v) is 19.0. The third-order valence-electron chi connectivity index (χ3n) is 5.06. The average molecular weight is 462 g/mol. The Bertz CT molecular complexity index is 1290. The van der Waals surface area contributed by atoms with E-state index < -0.39 is 24.2 Å². The number of nitrogens with zero attached hydrogens (tertiary/aromatic N) is 2. The number of hydrogen-bond acceptors (Lipinski definition) is 6. The predicted molar refractivity (Wildman–Crippen MR) is 124 cm³/mol. The second kappa shape index (κ2) is 11.0. The summed E-state index contributed by atoms with van der Waals surface area (Å²) in [5, 5.41) is 8.63. The van der Waals surface area contributed by atoms with E-state index in [9.17, 15) is 14.0 Å². The van der Waals surface area contributed by atoms with E-state index in [4.69, 9.17) is 19.5 Å². The summed E-state index contributed by atoms with van der Waals surface area (Å²) in [4.78, 5) is 24.8. The molecule has 1 aromatic heterocycles. The third kappa shape index (κ3) is 5.51. The van der Waals surface area contributed by atoms with Crippen LogP contribution < -0.4 is 9.47 Å². The van der Waals surface area contributed by atoms with Gasteiger partial charge < -0.3 is 18.8 Å². The number of para-hydroxylation sites is 1. The maximum Gasteiger partial charge on any atom is 0.331 e. The van der Waals surface area contributed by atoms with Crippen LogP contribution in [0.4, 0.5) is 4.39 Å². The van der Waals surface area contributed by atoms with Crippen molar-refractivity contribution in [3.8, 4) is 23.3 Å². The Morgan fingerprint density at radius 3 is 2.59 bits per heavy atom. The fourth-order valence-electron chi connectivity index (χ4n) is 3.49. The summed E-state index contributed by atoms with van der Waals surface area (Å²) in [5.74, 6) is -0.673. The lowest BCUT2D eigenvalue weighted by molar-refractivity contribution is -0.136. The topological polar surface area (TPSA) is 90.6 Å². The van der Waals surface area contributed by atoms with Gasteiger partial charge in [0.2, 0.25) is 5.78 Å².